The summed E-state index contributed by atoms with van der Waals surface area (Å²) in [5, 5.41) is 11.8. The molecule has 0 bridgehead atoms. The van der Waals surface area contributed by atoms with E-state index < -0.39 is 11.6 Å². The Morgan fingerprint density at radius 2 is 1.27 bits per heavy atom. The van der Waals surface area contributed by atoms with Crippen LogP contribution in [0.5, 0.6) is 5.75 Å². The molecule has 0 radical (unpaired) electrons. The van der Waals surface area contributed by atoms with Crippen LogP contribution in [0.3, 0.4) is 0 Å². The van der Waals surface area contributed by atoms with E-state index in [1.807, 2.05) is 115 Å². The zero-order chi connectivity index (χ0) is 23.1. The first-order chi connectivity index (χ1) is 16.1. The summed E-state index contributed by atoms with van der Waals surface area (Å²) in [4.78, 5) is 0. The highest BCUT2D eigenvalue weighted by Crippen LogP contribution is 2.33. The normalized spacial score (nSPS) is 12.2. The van der Waals surface area contributed by atoms with Crippen LogP contribution in [0.25, 0.3) is 6.08 Å². The summed E-state index contributed by atoms with van der Waals surface area (Å²) in [6.07, 6.45) is 2.34. The lowest BCUT2D eigenvalue weighted by Gasteiger charge is -2.35. The van der Waals surface area contributed by atoms with Gasteiger partial charge < -0.3 is 15.6 Å². The fourth-order valence-electron chi connectivity index (χ4n) is 4.02. The molecule has 0 fully saturated rings. The lowest BCUT2D eigenvalue weighted by molar-refractivity contribution is 0.0516. The van der Waals surface area contributed by atoms with Crippen LogP contribution in [0.15, 0.2) is 116 Å². The highest BCUT2D eigenvalue weighted by molar-refractivity contribution is 5.47. The van der Waals surface area contributed by atoms with E-state index in [1.165, 1.54) is 0 Å². The molecule has 4 aromatic rings. The summed E-state index contributed by atoms with van der Waals surface area (Å²) >= 11 is 0. The summed E-state index contributed by atoms with van der Waals surface area (Å²) in [5.41, 5.74) is 10.2. The molecule has 3 nitrogen and oxygen atoms in total. The number of aliphatic hydroxyl groups is 1. The van der Waals surface area contributed by atoms with E-state index in [-0.39, 0.29) is 0 Å². The van der Waals surface area contributed by atoms with Crippen LogP contribution in [0.1, 0.15) is 27.8 Å². The average Bonchev–Trinajstić information content (AvgIpc) is 2.89. The quantitative estimate of drug-likeness (QED) is 0.354. The highest BCUT2D eigenvalue weighted by Gasteiger charge is 2.38. The Balaban J connectivity index is 1.47. The number of hydrogen-bond donors (Lipinski definition) is 2. The van der Waals surface area contributed by atoms with Gasteiger partial charge in [0.05, 0.1) is 0 Å². The maximum atomic E-state index is 11.8. The van der Waals surface area contributed by atoms with Gasteiger partial charge in [-0.05, 0) is 46.4 Å². The molecule has 0 heterocycles. The Morgan fingerprint density at radius 3 is 1.79 bits per heavy atom. The van der Waals surface area contributed by atoms with Crippen molar-refractivity contribution in [1.29, 1.82) is 0 Å². The highest BCUT2D eigenvalue weighted by atomic mass is 16.5. The molecule has 166 valence electrons. The van der Waals surface area contributed by atoms with Crippen molar-refractivity contribution >= 4 is 6.08 Å². The molecule has 0 aliphatic rings. The smallest absolute Gasteiger partial charge is 0.130 e. The zero-order valence-electron chi connectivity index (χ0n) is 18.6. The van der Waals surface area contributed by atoms with Crippen molar-refractivity contribution in [3.8, 4) is 5.75 Å². The van der Waals surface area contributed by atoms with Gasteiger partial charge >= 0.3 is 0 Å². The first-order valence-electron chi connectivity index (χ1n) is 11.1. The van der Waals surface area contributed by atoms with Gasteiger partial charge in [-0.25, -0.2) is 0 Å². The van der Waals surface area contributed by atoms with Gasteiger partial charge in [-0.2, -0.15) is 0 Å². The number of ether oxygens (including phenoxy) is 1. The van der Waals surface area contributed by atoms with Gasteiger partial charge in [-0.3, -0.25) is 0 Å². The van der Waals surface area contributed by atoms with Gasteiger partial charge in [0.15, 0.2) is 0 Å². The molecule has 0 saturated carbocycles. The molecular weight excluding hydrogens is 406 g/mol. The third-order valence-corrected chi connectivity index (χ3v) is 5.96. The van der Waals surface area contributed by atoms with Crippen LogP contribution < -0.4 is 10.5 Å². The van der Waals surface area contributed by atoms with Gasteiger partial charge in [-0.15, -0.1) is 0 Å². The minimum absolute atomic E-state index is 0.498. The summed E-state index contributed by atoms with van der Waals surface area (Å²) in [7, 11) is 0. The Hall–Kier alpha value is -3.66. The molecule has 1 atom stereocenters. The van der Waals surface area contributed by atoms with Crippen LogP contribution in [-0.4, -0.2) is 11.1 Å². The fraction of sp³-hybridized carbons (Fsp3) is 0.133. The van der Waals surface area contributed by atoms with Crippen molar-refractivity contribution in [1.82, 2.24) is 0 Å². The predicted octanol–water partition coefficient (Wildman–Crippen LogP) is 5.71. The fourth-order valence-corrected chi connectivity index (χ4v) is 4.02. The van der Waals surface area contributed by atoms with E-state index in [1.54, 1.807) is 0 Å². The summed E-state index contributed by atoms with van der Waals surface area (Å²) in [6.45, 7) is 4.27. The Labute approximate surface area is 195 Å². The summed E-state index contributed by atoms with van der Waals surface area (Å²) in [6, 6.07) is 34.8. The average molecular weight is 436 g/mol. The predicted molar refractivity (Wildman–Crippen MR) is 135 cm³/mol. The minimum atomic E-state index is -1.30. The Morgan fingerprint density at radius 1 is 0.758 bits per heavy atom. The molecule has 0 spiro atoms. The number of hydrogen-bond acceptors (Lipinski definition) is 3. The molecule has 0 saturated heterocycles. The second-order valence-corrected chi connectivity index (χ2v) is 8.19. The van der Waals surface area contributed by atoms with Gasteiger partial charge in [0.1, 0.15) is 18.0 Å². The zero-order valence-corrected chi connectivity index (χ0v) is 18.6. The topological polar surface area (TPSA) is 55.5 Å². The van der Waals surface area contributed by atoms with Gasteiger partial charge in [0.2, 0.25) is 0 Å². The Bertz CT molecular complexity index is 1110. The van der Waals surface area contributed by atoms with E-state index in [0.29, 0.717) is 13.0 Å². The molecule has 4 rings (SSSR count). The van der Waals surface area contributed by atoms with Crippen LogP contribution in [0.4, 0.5) is 0 Å². The molecule has 33 heavy (non-hydrogen) atoms. The second kappa shape index (κ2) is 10.3. The molecule has 0 aliphatic heterocycles. The molecule has 4 aromatic carbocycles. The number of benzene rings is 4. The molecule has 3 heteroatoms. The molecule has 0 aliphatic carbocycles. The first kappa shape index (κ1) is 22.5. The standard InChI is InChI=1S/C30H29NO2/c1-2-23-13-15-25(16-14-23)22-33-28-19-17-24(18-20-28)21-29(31)30(32,26-9-5-3-6-10-26)27-11-7-4-8-12-27/h2-20,29,32H,1,21-22,31H2/t29-/m0/s1. The number of nitrogens with two attached hydrogens (primary N) is 1. The SMILES string of the molecule is C=Cc1ccc(COc2ccc(C[C@H](N)C(O)(c3ccccc3)c3ccccc3)cc2)cc1. The number of rotatable bonds is 9. The monoisotopic (exact) mass is 435 g/mol. The second-order valence-electron chi connectivity index (χ2n) is 8.19. The molecule has 0 unspecified atom stereocenters. The largest absolute Gasteiger partial charge is 0.489 e. The third kappa shape index (κ3) is 5.23. The van der Waals surface area contributed by atoms with Crippen molar-refractivity contribution < 1.29 is 9.84 Å². The lowest BCUT2D eigenvalue weighted by atomic mass is 9.78. The van der Waals surface area contributed by atoms with Gasteiger partial charge in [-0.1, -0.05) is 110 Å². The van der Waals surface area contributed by atoms with Crippen LogP contribution in [-0.2, 0) is 18.6 Å². The van der Waals surface area contributed by atoms with Crippen molar-refractivity contribution in [2.75, 3.05) is 0 Å². The van der Waals surface area contributed by atoms with Gasteiger partial charge in [0.25, 0.3) is 0 Å². The van der Waals surface area contributed by atoms with Crippen molar-refractivity contribution in [2.45, 2.75) is 24.7 Å². The molecule has 0 amide bonds. The maximum Gasteiger partial charge on any atom is 0.130 e. The minimum Gasteiger partial charge on any atom is -0.489 e. The van der Waals surface area contributed by atoms with Crippen LogP contribution >= 0.6 is 0 Å². The van der Waals surface area contributed by atoms with Crippen molar-refractivity contribution in [3.05, 3.63) is 144 Å². The van der Waals surface area contributed by atoms with Gasteiger partial charge in [0, 0.05) is 6.04 Å². The van der Waals surface area contributed by atoms with E-state index in [4.69, 9.17) is 10.5 Å². The van der Waals surface area contributed by atoms with Crippen molar-refractivity contribution in [2.24, 2.45) is 5.73 Å². The van der Waals surface area contributed by atoms with E-state index in [2.05, 4.69) is 6.58 Å². The van der Waals surface area contributed by atoms with E-state index in [9.17, 15) is 5.11 Å². The van der Waals surface area contributed by atoms with E-state index in [0.717, 1.165) is 33.6 Å². The first-order valence-corrected chi connectivity index (χ1v) is 11.1. The summed E-state index contributed by atoms with van der Waals surface area (Å²) < 4.78 is 5.92. The molecular formula is C30H29NO2. The molecule has 3 N–H and O–H groups in total. The third-order valence-electron chi connectivity index (χ3n) is 5.96. The summed E-state index contributed by atoms with van der Waals surface area (Å²) in [5.74, 6) is 0.793. The lowest BCUT2D eigenvalue weighted by Crippen LogP contribution is -2.47. The van der Waals surface area contributed by atoms with Crippen LogP contribution in [0.2, 0.25) is 0 Å². The van der Waals surface area contributed by atoms with Crippen LogP contribution in [0, 0.1) is 0 Å². The molecule has 0 aromatic heterocycles. The van der Waals surface area contributed by atoms with Crippen molar-refractivity contribution in [3.63, 3.8) is 0 Å². The Kier molecular flexibility index (Phi) is 7.04. The maximum absolute atomic E-state index is 11.8. The van der Waals surface area contributed by atoms with E-state index >= 15 is 0 Å².